The Labute approximate surface area is 152 Å². The Morgan fingerprint density at radius 2 is 2.12 bits per heavy atom. The van der Waals surface area contributed by atoms with Gasteiger partial charge in [0, 0.05) is 18.7 Å². The lowest BCUT2D eigenvalue weighted by atomic mass is 9.84. The van der Waals surface area contributed by atoms with E-state index in [0.29, 0.717) is 12.2 Å². The number of hydrogen-bond acceptors (Lipinski definition) is 5. The third kappa shape index (κ3) is 4.44. The molecule has 1 aromatic carbocycles. The molecule has 0 spiro atoms. The van der Waals surface area contributed by atoms with Crippen LogP contribution < -0.4 is 4.74 Å². The van der Waals surface area contributed by atoms with Crippen molar-refractivity contribution in [2.75, 3.05) is 19.0 Å². The number of halogens is 1. The van der Waals surface area contributed by atoms with Crippen LogP contribution in [0, 0.1) is 0 Å². The highest BCUT2D eigenvalue weighted by atomic mass is 35.5. The Morgan fingerprint density at radius 1 is 1.44 bits per heavy atom. The van der Waals surface area contributed by atoms with Gasteiger partial charge in [0.15, 0.2) is 0 Å². The van der Waals surface area contributed by atoms with Crippen LogP contribution >= 0.6 is 11.6 Å². The molecular weight excluding hydrogens is 370 g/mol. The lowest BCUT2D eigenvalue weighted by Gasteiger charge is -2.25. The largest absolute Gasteiger partial charge is 0.454 e. The minimum Gasteiger partial charge on any atom is -0.454 e. The summed E-state index contributed by atoms with van der Waals surface area (Å²) >= 11 is 5.48. The molecule has 1 aliphatic heterocycles. The number of likely N-dealkylation sites (N-methyl/N-ethyl adjacent to an activating group) is 1. The van der Waals surface area contributed by atoms with Crippen molar-refractivity contribution in [3.05, 3.63) is 29.3 Å². The molecule has 7 nitrogen and oxygen atoms in total. The summed E-state index contributed by atoms with van der Waals surface area (Å²) in [5.74, 6) is -0.192. The van der Waals surface area contributed by atoms with E-state index in [1.807, 2.05) is 26.0 Å². The summed E-state index contributed by atoms with van der Waals surface area (Å²) in [6.45, 7) is 5.80. The molecule has 1 unspecified atom stereocenters. The summed E-state index contributed by atoms with van der Waals surface area (Å²) in [6, 6.07) is 5.49. The van der Waals surface area contributed by atoms with E-state index in [1.54, 1.807) is 13.0 Å². The average Bonchev–Trinajstić information content (AvgIpc) is 2.77. The summed E-state index contributed by atoms with van der Waals surface area (Å²) in [6.07, 6.45) is -0.336. The highest BCUT2D eigenvalue weighted by molar-refractivity contribution is 7.83. The van der Waals surface area contributed by atoms with E-state index in [0.717, 1.165) is 15.4 Å². The van der Waals surface area contributed by atoms with Crippen LogP contribution in [0.15, 0.2) is 18.2 Å². The second-order valence-electron chi connectivity index (χ2n) is 6.34. The zero-order valence-corrected chi connectivity index (χ0v) is 15.9. The van der Waals surface area contributed by atoms with Gasteiger partial charge in [0.25, 0.3) is 6.29 Å². The van der Waals surface area contributed by atoms with Gasteiger partial charge in [0.1, 0.15) is 11.6 Å². The van der Waals surface area contributed by atoms with E-state index < -0.39 is 28.0 Å². The van der Waals surface area contributed by atoms with Crippen molar-refractivity contribution in [1.82, 2.24) is 4.31 Å². The highest BCUT2D eigenvalue weighted by Gasteiger charge is 2.44. The predicted molar refractivity (Wildman–Crippen MR) is 93.2 cm³/mol. The zero-order chi connectivity index (χ0) is 18.8. The summed E-state index contributed by atoms with van der Waals surface area (Å²) in [5.41, 5.74) is 1.19. The topological polar surface area (TPSA) is 93.1 Å². The molecule has 0 fully saturated rings. The van der Waals surface area contributed by atoms with Gasteiger partial charge in [-0.2, -0.15) is 12.7 Å². The van der Waals surface area contributed by atoms with Crippen molar-refractivity contribution in [2.24, 2.45) is 0 Å². The molecule has 1 aliphatic rings. The van der Waals surface area contributed by atoms with Crippen LogP contribution in [0.25, 0.3) is 0 Å². The number of benzene rings is 1. The third-order valence-corrected chi connectivity index (χ3v) is 5.55. The summed E-state index contributed by atoms with van der Waals surface area (Å²) in [4.78, 5) is 11.5. The van der Waals surface area contributed by atoms with Crippen LogP contribution in [0.2, 0.25) is 0 Å². The molecule has 140 valence electrons. The maximum absolute atomic E-state index is 11.5. The Hall–Kier alpha value is -1.35. The number of fused-ring (bicyclic) bond motifs is 1. The van der Waals surface area contributed by atoms with Gasteiger partial charge in [-0.3, -0.25) is 9.35 Å². The predicted octanol–water partition coefficient (Wildman–Crippen LogP) is 2.13. The molecule has 0 saturated heterocycles. The van der Waals surface area contributed by atoms with Crippen LogP contribution in [0.5, 0.6) is 5.75 Å². The molecule has 0 bridgehead atoms. The molecule has 1 aromatic rings. The molecule has 25 heavy (non-hydrogen) atoms. The van der Waals surface area contributed by atoms with Gasteiger partial charge < -0.3 is 9.47 Å². The maximum Gasteiger partial charge on any atom is 0.335 e. The standard InChI is InChI=1S/C16H22ClNO6S/c1-4-18(25(20,21)22)8-7-11-5-6-13-12(9-11)16(2,3)15(23-13)24-14(19)10-17/h5-6,9,15H,4,7-8,10H2,1-3H3,(H,20,21,22). The smallest absolute Gasteiger partial charge is 0.335 e. The Bertz CT molecular complexity index is 749. The van der Waals surface area contributed by atoms with Gasteiger partial charge in [-0.25, -0.2) is 0 Å². The van der Waals surface area contributed by atoms with Gasteiger partial charge in [-0.05, 0) is 31.9 Å². The Morgan fingerprint density at radius 3 is 2.68 bits per heavy atom. The normalized spacial score (nSPS) is 18.7. The van der Waals surface area contributed by atoms with Gasteiger partial charge in [-0.15, -0.1) is 11.6 Å². The number of nitrogens with zero attached hydrogens (tertiary/aromatic N) is 1. The maximum atomic E-state index is 11.5. The fourth-order valence-corrected chi connectivity index (χ4v) is 3.45. The minimum absolute atomic E-state index is 0.167. The van der Waals surface area contributed by atoms with Gasteiger partial charge >= 0.3 is 16.3 Å². The molecule has 0 aliphatic carbocycles. The first kappa shape index (κ1) is 20.0. The van der Waals surface area contributed by atoms with Gasteiger partial charge in [0.05, 0.1) is 5.41 Å². The van der Waals surface area contributed by atoms with Crippen LogP contribution in [-0.2, 0) is 31.7 Å². The highest BCUT2D eigenvalue weighted by Crippen LogP contribution is 2.43. The van der Waals surface area contributed by atoms with Crippen molar-refractivity contribution in [3.63, 3.8) is 0 Å². The molecule has 0 amide bonds. The number of hydrogen-bond donors (Lipinski definition) is 1. The van der Waals surface area contributed by atoms with Crippen LogP contribution in [0.3, 0.4) is 0 Å². The molecule has 2 rings (SSSR count). The Balaban J connectivity index is 2.16. The van der Waals surface area contributed by atoms with Crippen molar-refractivity contribution < 1.29 is 27.2 Å². The number of esters is 1. The van der Waals surface area contributed by atoms with Crippen LogP contribution in [-0.4, -0.2) is 48.5 Å². The van der Waals surface area contributed by atoms with Crippen molar-refractivity contribution in [2.45, 2.75) is 38.9 Å². The van der Waals surface area contributed by atoms with E-state index >= 15 is 0 Å². The van der Waals surface area contributed by atoms with Crippen molar-refractivity contribution >= 4 is 27.9 Å². The summed E-state index contributed by atoms with van der Waals surface area (Å²) in [5, 5.41) is 0. The minimum atomic E-state index is -4.21. The number of rotatable bonds is 7. The van der Waals surface area contributed by atoms with Gasteiger partial charge in [-0.1, -0.05) is 19.1 Å². The lowest BCUT2D eigenvalue weighted by Crippen LogP contribution is -2.37. The zero-order valence-electron chi connectivity index (χ0n) is 14.4. The summed E-state index contributed by atoms with van der Waals surface area (Å²) < 4.78 is 43.6. The number of carbonyl (C=O) groups is 1. The first-order valence-corrected chi connectivity index (χ1v) is 9.80. The average molecular weight is 392 g/mol. The first-order valence-electron chi connectivity index (χ1n) is 7.87. The molecule has 1 N–H and O–H groups in total. The van der Waals surface area contributed by atoms with E-state index in [9.17, 15) is 13.2 Å². The van der Waals surface area contributed by atoms with Crippen LogP contribution in [0.1, 0.15) is 31.9 Å². The molecule has 9 heteroatoms. The van der Waals surface area contributed by atoms with E-state index in [1.165, 1.54) is 0 Å². The number of carbonyl (C=O) groups excluding carboxylic acids is 1. The SMILES string of the molecule is CCN(CCc1ccc2c(c1)C(C)(C)C(OC(=O)CCl)O2)S(=O)(=O)O. The van der Waals surface area contributed by atoms with Crippen LogP contribution in [0.4, 0.5) is 0 Å². The first-order chi connectivity index (χ1) is 11.6. The van der Waals surface area contributed by atoms with E-state index in [2.05, 4.69) is 0 Å². The monoisotopic (exact) mass is 391 g/mol. The molecule has 1 atom stereocenters. The number of ether oxygens (including phenoxy) is 2. The molecule has 0 aromatic heterocycles. The number of alkyl halides is 1. The fourth-order valence-electron chi connectivity index (χ4n) is 2.74. The summed E-state index contributed by atoms with van der Waals surface area (Å²) in [7, 11) is -4.21. The molecule has 0 radical (unpaired) electrons. The molecule has 1 heterocycles. The van der Waals surface area contributed by atoms with E-state index in [-0.39, 0.29) is 19.0 Å². The van der Waals surface area contributed by atoms with Crippen molar-refractivity contribution in [3.8, 4) is 5.75 Å². The van der Waals surface area contributed by atoms with E-state index in [4.69, 9.17) is 25.6 Å². The second-order valence-corrected chi connectivity index (χ2v) is 8.02. The molecule has 0 saturated carbocycles. The third-order valence-electron chi connectivity index (χ3n) is 4.24. The van der Waals surface area contributed by atoms with Gasteiger partial charge in [0.2, 0.25) is 0 Å². The quantitative estimate of drug-likeness (QED) is 0.435. The van der Waals surface area contributed by atoms with Crippen molar-refractivity contribution in [1.29, 1.82) is 0 Å². The lowest BCUT2D eigenvalue weighted by molar-refractivity contribution is -0.165. The molecular formula is C16H22ClNO6S. The second kappa shape index (κ2) is 7.49. The fraction of sp³-hybridized carbons (Fsp3) is 0.562. The Kier molecular flexibility index (Phi) is 5.98.